The summed E-state index contributed by atoms with van der Waals surface area (Å²) in [6.07, 6.45) is 1.04. The first kappa shape index (κ1) is 15.8. The Hall–Kier alpha value is -0.256. The fraction of sp³-hybridized carbons (Fsp3) is 0.571. The van der Waals surface area contributed by atoms with Crippen molar-refractivity contribution in [3.8, 4) is 5.75 Å². The average molecular weight is 301 g/mol. The van der Waals surface area contributed by atoms with Crippen LogP contribution in [0.4, 0.5) is 0 Å². The van der Waals surface area contributed by atoms with Crippen molar-refractivity contribution in [3.05, 3.63) is 29.3 Å². The maximum Gasteiger partial charge on any atom is 0.228 e. The van der Waals surface area contributed by atoms with Crippen LogP contribution < -0.4 is 4.43 Å². The topological polar surface area (TPSA) is 9.23 Å². The molecule has 0 N–H and O–H groups in total. The van der Waals surface area contributed by atoms with E-state index >= 15 is 0 Å². The molecule has 102 valence electrons. The van der Waals surface area contributed by atoms with Crippen molar-refractivity contribution < 1.29 is 4.43 Å². The van der Waals surface area contributed by atoms with Gasteiger partial charge >= 0.3 is 0 Å². The second-order valence-corrected chi connectivity index (χ2v) is 22.4. The Morgan fingerprint density at radius 1 is 1.11 bits per heavy atom. The van der Waals surface area contributed by atoms with Crippen LogP contribution in [0.1, 0.15) is 18.1 Å². The molecule has 0 fully saturated rings. The fourth-order valence-corrected chi connectivity index (χ4v) is 3.97. The molecule has 1 aromatic carbocycles. The van der Waals surface area contributed by atoms with Gasteiger partial charge in [-0.3, -0.25) is 0 Å². The highest BCUT2D eigenvalue weighted by Crippen LogP contribution is 2.29. The van der Waals surface area contributed by atoms with Crippen molar-refractivity contribution >= 4 is 27.0 Å². The summed E-state index contributed by atoms with van der Waals surface area (Å²) in [4.78, 5) is 0. The van der Waals surface area contributed by atoms with Crippen LogP contribution in [0.2, 0.25) is 32.7 Å². The SMILES string of the molecule is CCc1ccc(CCl)c(O[Si](C)(C)[Si](C)(C)C)c1. The zero-order chi connectivity index (χ0) is 14.0. The molecular formula is C14H25ClOSi2. The predicted molar refractivity (Wildman–Crippen MR) is 86.8 cm³/mol. The van der Waals surface area contributed by atoms with Crippen LogP contribution in [-0.2, 0) is 12.3 Å². The van der Waals surface area contributed by atoms with Gasteiger partial charge in [-0.05, 0) is 31.1 Å². The number of alkyl halides is 1. The Balaban J connectivity index is 3.09. The predicted octanol–water partition coefficient (Wildman–Crippen LogP) is 4.99. The third kappa shape index (κ3) is 3.62. The van der Waals surface area contributed by atoms with E-state index in [2.05, 4.69) is 57.9 Å². The lowest BCUT2D eigenvalue weighted by Gasteiger charge is -2.35. The molecule has 4 heteroatoms. The summed E-state index contributed by atoms with van der Waals surface area (Å²) in [6.45, 7) is 14.0. The summed E-state index contributed by atoms with van der Waals surface area (Å²) in [6, 6.07) is 6.43. The van der Waals surface area contributed by atoms with Crippen molar-refractivity contribution in [1.29, 1.82) is 0 Å². The third-order valence-corrected chi connectivity index (χ3v) is 19.6. The smallest absolute Gasteiger partial charge is 0.228 e. The summed E-state index contributed by atoms with van der Waals surface area (Å²) < 4.78 is 6.45. The van der Waals surface area contributed by atoms with E-state index in [-0.39, 0.29) is 0 Å². The van der Waals surface area contributed by atoms with Gasteiger partial charge in [-0.15, -0.1) is 11.6 Å². The normalized spacial score (nSPS) is 12.6. The first-order chi connectivity index (χ1) is 8.21. The maximum atomic E-state index is 6.45. The molecule has 1 aromatic rings. The van der Waals surface area contributed by atoms with Gasteiger partial charge in [-0.1, -0.05) is 38.7 Å². The Bertz CT molecular complexity index is 411. The minimum absolute atomic E-state index is 0.523. The second kappa shape index (κ2) is 5.80. The number of benzene rings is 1. The molecule has 0 spiro atoms. The molecule has 1 rings (SSSR count). The molecule has 0 saturated carbocycles. The maximum absolute atomic E-state index is 6.45. The van der Waals surface area contributed by atoms with Crippen molar-refractivity contribution in [2.24, 2.45) is 0 Å². The Morgan fingerprint density at radius 2 is 1.72 bits per heavy atom. The van der Waals surface area contributed by atoms with E-state index in [1.54, 1.807) is 0 Å². The van der Waals surface area contributed by atoms with Crippen molar-refractivity contribution in [1.82, 2.24) is 0 Å². The summed E-state index contributed by atoms with van der Waals surface area (Å²) in [7, 11) is -2.91. The lowest BCUT2D eigenvalue weighted by atomic mass is 10.1. The lowest BCUT2D eigenvalue weighted by Crippen LogP contribution is -2.57. The molecule has 0 unspecified atom stereocenters. The monoisotopic (exact) mass is 300 g/mol. The van der Waals surface area contributed by atoms with Gasteiger partial charge in [0.1, 0.15) is 5.75 Å². The highest BCUT2D eigenvalue weighted by molar-refractivity contribution is 7.38. The van der Waals surface area contributed by atoms with Crippen LogP contribution >= 0.6 is 11.6 Å². The molecule has 0 radical (unpaired) electrons. The molecule has 1 nitrogen and oxygen atoms in total. The zero-order valence-corrected chi connectivity index (χ0v) is 15.2. The van der Waals surface area contributed by atoms with E-state index in [1.165, 1.54) is 5.56 Å². The highest BCUT2D eigenvalue weighted by atomic mass is 35.5. The first-order valence-electron chi connectivity index (χ1n) is 6.58. The summed E-state index contributed by atoms with van der Waals surface area (Å²) in [5.41, 5.74) is 2.44. The van der Waals surface area contributed by atoms with Crippen LogP contribution in [0.3, 0.4) is 0 Å². The van der Waals surface area contributed by atoms with Crippen LogP contribution in [0.15, 0.2) is 18.2 Å². The molecule has 0 atom stereocenters. The Morgan fingerprint density at radius 3 is 2.17 bits per heavy atom. The molecular weight excluding hydrogens is 276 g/mol. The van der Waals surface area contributed by atoms with Crippen LogP contribution in [0.5, 0.6) is 5.75 Å². The molecule has 0 aliphatic heterocycles. The van der Waals surface area contributed by atoms with E-state index in [9.17, 15) is 0 Å². The van der Waals surface area contributed by atoms with E-state index in [0.29, 0.717) is 5.88 Å². The number of aryl methyl sites for hydroxylation is 1. The number of hydrogen-bond acceptors (Lipinski definition) is 1. The quantitative estimate of drug-likeness (QED) is 0.550. The van der Waals surface area contributed by atoms with Crippen molar-refractivity contribution in [3.63, 3.8) is 0 Å². The highest BCUT2D eigenvalue weighted by Gasteiger charge is 2.40. The van der Waals surface area contributed by atoms with E-state index in [0.717, 1.165) is 17.7 Å². The zero-order valence-electron chi connectivity index (χ0n) is 12.4. The molecule has 0 aliphatic carbocycles. The van der Waals surface area contributed by atoms with Crippen LogP contribution in [0, 0.1) is 0 Å². The molecule has 0 bridgehead atoms. The standard InChI is InChI=1S/C14H25ClOSi2/c1-7-12-8-9-13(11-15)14(10-12)16-18(5,6)17(2,3)4/h8-10H,7,11H2,1-6H3. The molecule has 0 heterocycles. The Labute approximate surface area is 118 Å². The lowest BCUT2D eigenvalue weighted by molar-refractivity contribution is 0.561. The van der Waals surface area contributed by atoms with Gasteiger partial charge in [0, 0.05) is 5.56 Å². The second-order valence-electron chi connectivity index (χ2n) is 6.29. The molecule has 18 heavy (non-hydrogen) atoms. The number of hydrogen-bond donors (Lipinski definition) is 0. The molecule has 0 aliphatic rings. The molecule has 0 aromatic heterocycles. The minimum atomic E-state index is -1.65. The van der Waals surface area contributed by atoms with Gasteiger partial charge in [0.05, 0.1) is 13.5 Å². The average Bonchev–Trinajstić information content (AvgIpc) is 2.26. The Kier molecular flexibility index (Phi) is 5.09. The summed E-state index contributed by atoms with van der Waals surface area (Å²) in [5.74, 6) is 1.54. The molecule has 0 saturated heterocycles. The fourth-order valence-electron chi connectivity index (χ4n) is 1.45. The van der Waals surface area contributed by atoms with Crippen LogP contribution in [0.25, 0.3) is 0 Å². The van der Waals surface area contributed by atoms with Crippen LogP contribution in [-0.4, -0.2) is 15.4 Å². The summed E-state index contributed by atoms with van der Waals surface area (Å²) in [5, 5.41) is 0. The van der Waals surface area contributed by atoms with Gasteiger partial charge in [0.2, 0.25) is 7.83 Å². The van der Waals surface area contributed by atoms with E-state index < -0.39 is 15.4 Å². The first-order valence-corrected chi connectivity index (χ1v) is 14.5. The van der Waals surface area contributed by atoms with E-state index in [4.69, 9.17) is 16.0 Å². The van der Waals surface area contributed by atoms with E-state index in [1.807, 2.05) is 0 Å². The number of halogens is 1. The third-order valence-electron chi connectivity index (χ3n) is 3.86. The minimum Gasteiger partial charge on any atom is -0.547 e. The van der Waals surface area contributed by atoms with Gasteiger partial charge in [-0.25, -0.2) is 0 Å². The number of rotatable bonds is 5. The van der Waals surface area contributed by atoms with Gasteiger partial charge in [0.15, 0.2) is 0 Å². The summed E-state index contributed by atoms with van der Waals surface area (Å²) >= 11 is 6.02. The van der Waals surface area contributed by atoms with Crippen molar-refractivity contribution in [2.45, 2.75) is 52.0 Å². The van der Waals surface area contributed by atoms with Gasteiger partial charge in [-0.2, -0.15) is 0 Å². The largest absolute Gasteiger partial charge is 0.547 e. The van der Waals surface area contributed by atoms with Gasteiger partial charge in [0.25, 0.3) is 0 Å². The van der Waals surface area contributed by atoms with Crippen molar-refractivity contribution in [2.75, 3.05) is 0 Å². The van der Waals surface area contributed by atoms with Gasteiger partial charge < -0.3 is 4.43 Å². The molecule has 0 amide bonds.